The summed E-state index contributed by atoms with van der Waals surface area (Å²) in [7, 11) is 0. The molecule has 0 spiro atoms. The van der Waals surface area contributed by atoms with Gasteiger partial charge in [-0.05, 0) is 19.4 Å². The first-order chi connectivity index (χ1) is 6.59. The number of aryl methyl sites for hydroxylation is 1. The quantitative estimate of drug-likeness (QED) is 0.765. The Balaban J connectivity index is 2.60. The van der Waals surface area contributed by atoms with Crippen LogP contribution in [0.4, 0.5) is 0 Å². The minimum Gasteiger partial charge on any atom is -0.480 e. The van der Waals surface area contributed by atoms with E-state index in [1.54, 1.807) is 0 Å². The molecule has 14 heavy (non-hydrogen) atoms. The summed E-state index contributed by atoms with van der Waals surface area (Å²) in [6.45, 7) is 3.97. The standard InChI is InChI=1S/C11H15NO2/c1-8-4-3-5-10(6-8)9(2)12-7-11(13)14/h3-6,9,12H,7H2,1-2H3,(H,13,14). The van der Waals surface area contributed by atoms with Gasteiger partial charge in [0.2, 0.25) is 0 Å². The van der Waals surface area contributed by atoms with Gasteiger partial charge in [0.15, 0.2) is 0 Å². The summed E-state index contributed by atoms with van der Waals surface area (Å²) in [6.07, 6.45) is 0. The van der Waals surface area contributed by atoms with Crippen molar-refractivity contribution in [3.63, 3.8) is 0 Å². The zero-order valence-electron chi connectivity index (χ0n) is 8.45. The van der Waals surface area contributed by atoms with Crippen LogP contribution in [-0.4, -0.2) is 17.6 Å². The van der Waals surface area contributed by atoms with Crippen molar-refractivity contribution in [2.75, 3.05) is 6.54 Å². The molecule has 3 nitrogen and oxygen atoms in total. The zero-order chi connectivity index (χ0) is 10.6. The molecule has 0 bridgehead atoms. The van der Waals surface area contributed by atoms with Crippen LogP contribution >= 0.6 is 0 Å². The fraction of sp³-hybridized carbons (Fsp3) is 0.364. The Morgan fingerprint density at radius 3 is 2.86 bits per heavy atom. The van der Waals surface area contributed by atoms with Crippen LogP contribution in [0.3, 0.4) is 0 Å². The van der Waals surface area contributed by atoms with Gasteiger partial charge >= 0.3 is 5.97 Å². The third-order valence-electron chi connectivity index (χ3n) is 2.10. The van der Waals surface area contributed by atoms with E-state index in [-0.39, 0.29) is 12.6 Å². The predicted octanol–water partition coefficient (Wildman–Crippen LogP) is 1.73. The van der Waals surface area contributed by atoms with Gasteiger partial charge in [-0.15, -0.1) is 0 Å². The van der Waals surface area contributed by atoms with Gasteiger partial charge in [-0.3, -0.25) is 4.79 Å². The second-order valence-electron chi connectivity index (χ2n) is 3.41. The highest BCUT2D eigenvalue weighted by Crippen LogP contribution is 2.12. The molecule has 1 aromatic carbocycles. The van der Waals surface area contributed by atoms with Crippen LogP contribution in [-0.2, 0) is 4.79 Å². The Morgan fingerprint density at radius 2 is 2.29 bits per heavy atom. The predicted molar refractivity (Wildman–Crippen MR) is 55.2 cm³/mol. The zero-order valence-corrected chi connectivity index (χ0v) is 8.45. The van der Waals surface area contributed by atoms with Crippen LogP contribution in [0.15, 0.2) is 24.3 Å². The number of rotatable bonds is 4. The average Bonchev–Trinajstić information content (AvgIpc) is 2.14. The van der Waals surface area contributed by atoms with Gasteiger partial charge in [-0.1, -0.05) is 29.8 Å². The van der Waals surface area contributed by atoms with E-state index in [0.29, 0.717) is 0 Å². The molecule has 0 fully saturated rings. The Labute approximate surface area is 83.8 Å². The van der Waals surface area contributed by atoms with E-state index >= 15 is 0 Å². The third-order valence-corrected chi connectivity index (χ3v) is 2.10. The Morgan fingerprint density at radius 1 is 1.57 bits per heavy atom. The lowest BCUT2D eigenvalue weighted by atomic mass is 10.1. The summed E-state index contributed by atoms with van der Waals surface area (Å²) in [5, 5.41) is 11.4. The first-order valence-electron chi connectivity index (χ1n) is 4.61. The Kier molecular flexibility index (Phi) is 3.65. The van der Waals surface area contributed by atoms with E-state index in [2.05, 4.69) is 11.4 Å². The summed E-state index contributed by atoms with van der Waals surface area (Å²) in [4.78, 5) is 10.3. The van der Waals surface area contributed by atoms with Gasteiger partial charge in [0.1, 0.15) is 0 Å². The van der Waals surface area contributed by atoms with Crippen LogP contribution in [0.2, 0.25) is 0 Å². The van der Waals surface area contributed by atoms with Crippen LogP contribution in [0.25, 0.3) is 0 Å². The number of carboxylic acids is 1. The molecule has 0 amide bonds. The number of aliphatic carboxylic acids is 1. The van der Waals surface area contributed by atoms with Crippen LogP contribution in [0.5, 0.6) is 0 Å². The van der Waals surface area contributed by atoms with Crippen molar-refractivity contribution in [3.05, 3.63) is 35.4 Å². The Hall–Kier alpha value is -1.35. The molecule has 0 aliphatic heterocycles. The first kappa shape index (κ1) is 10.7. The van der Waals surface area contributed by atoms with Gasteiger partial charge in [0.25, 0.3) is 0 Å². The van der Waals surface area contributed by atoms with Crippen molar-refractivity contribution in [1.82, 2.24) is 5.32 Å². The molecule has 0 saturated heterocycles. The highest BCUT2D eigenvalue weighted by Gasteiger charge is 2.05. The minimum absolute atomic E-state index is 0.00485. The number of hydrogen-bond acceptors (Lipinski definition) is 2. The summed E-state index contributed by atoms with van der Waals surface area (Å²) in [5.41, 5.74) is 2.30. The number of carbonyl (C=O) groups is 1. The average molecular weight is 193 g/mol. The molecule has 3 heteroatoms. The van der Waals surface area contributed by atoms with Crippen LogP contribution < -0.4 is 5.32 Å². The van der Waals surface area contributed by atoms with Gasteiger partial charge in [0, 0.05) is 6.04 Å². The molecule has 0 radical (unpaired) electrons. The lowest BCUT2D eigenvalue weighted by molar-refractivity contribution is -0.136. The number of hydrogen-bond donors (Lipinski definition) is 2. The highest BCUT2D eigenvalue weighted by atomic mass is 16.4. The van der Waals surface area contributed by atoms with Crippen molar-refractivity contribution >= 4 is 5.97 Å². The Bertz CT molecular complexity index is 323. The van der Waals surface area contributed by atoms with Crippen molar-refractivity contribution in [2.24, 2.45) is 0 Å². The van der Waals surface area contributed by atoms with Crippen molar-refractivity contribution < 1.29 is 9.90 Å². The summed E-state index contributed by atoms with van der Waals surface area (Å²) in [6, 6.07) is 8.12. The number of nitrogens with one attached hydrogen (secondary N) is 1. The van der Waals surface area contributed by atoms with E-state index in [1.807, 2.05) is 32.0 Å². The second-order valence-corrected chi connectivity index (χ2v) is 3.41. The van der Waals surface area contributed by atoms with Crippen molar-refractivity contribution in [3.8, 4) is 0 Å². The monoisotopic (exact) mass is 193 g/mol. The molecule has 0 aromatic heterocycles. The molecular formula is C11H15NO2. The lowest BCUT2D eigenvalue weighted by Crippen LogP contribution is -2.25. The molecule has 76 valence electrons. The van der Waals surface area contributed by atoms with Gasteiger partial charge in [-0.25, -0.2) is 0 Å². The smallest absolute Gasteiger partial charge is 0.317 e. The van der Waals surface area contributed by atoms with Gasteiger partial charge in [0.05, 0.1) is 6.54 Å². The maximum absolute atomic E-state index is 10.3. The lowest BCUT2D eigenvalue weighted by Gasteiger charge is -2.12. The molecule has 0 heterocycles. The molecule has 1 atom stereocenters. The maximum atomic E-state index is 10.3. The van der Waals surface area contributed by atoms with E-state index in [1.165, 1.54) is 5.56 Å². The summed E-state index contributed by atoms with van der Waals surface area (Å²) in [5.74, 6) is -0.829. The fourth-order valence-electron chi connectivity index (χ4n) is 1.30. The molecular weight excluding hydrogens is 178 g/mol. The number of carboxylic acid groups (broad SMARTS) is 1. The van der Waals surface area contributed by atoms with E-state index in [4.69, 9.17) is 5.11 Å². The molecule has 2 N–H and O–H groups in total. The second kappa shape index (κ2) is 4.77. The van der Waals surface area contributed by atoms with Crippen molar-refractivity contribution in [1.29, 1.82) is 0 Å². The molecule has 1 rings (SSSR count). The molecule has 1 unspecified atom stereocenters. The largest absolute Gasteiger partial charge is 0.480 e. The molecule has 0 aliphatic rings. The van der Waals surface area contributed by atoms with Gasteiger partial charge in [-0.2, -0.15) is 0 Å². The third kappa shape index (κ3) is 3.18. The van der Waals surface area contributed by atoms with Crippen molar-refractivity contribution in [2.45, 2.75) is 19.9 Å². The summed E-state index contributed by atoms with van der Waals surface area (Å²) < 4.78 is 0. The molecule has 0 saturated carbocycles. The van der Waals surface area contributed by atoms with Gasteiger partial charge < -0.3 is 10.4 Å². The van der Waals surface area contributed by atoms with Crippen LogP contribution in [0.1, 0.15) is 24.1 Å². The van der Waals surface area contributed by atoms with E-state index < -0.39 is 5.97 Å². The molecule has 0 aliphatic carbocycles. The normalized spacial score (nSPS) is 12.4. The minimum atomic E-state index is -0.829. The van der Waals surface area contributed by atoms with E-state index in [0.717, 1.165) is 5.56 Å². The topological polar surface area (TPSA) is 49.3 Å². The maximum Gasteiger partial charge on any atom is 0.317 e. The summed E-state index contributed by atoms with van der Waals surface area (Å²) >= 11 is 0. The van der Waals surface area contributed by atoms with E-state index in [9.17, 15) is 4.79 Å². The van der Waals surface area contributed by atoms with Crippen LogP contribution in [0, 0.1) is 6.92 Å². The SMILES string of the molecule is Cc1cccc(C(C)NCC(=O)O)c1. The number of benzene rings is 1. The highest BCUT2D eigenvalue weighted by molar-refractivity contribution is 5.69. The fourth-order valence-corrected chi connectivity index (χ4v) is 1.30. The molecule has 1 aromatic rings. The first-order valence-corrected chi connectivity index (χ1v) is 4.61.